The van der Waals surface area contributed by atoms with E-state index in [1.807, 2.05) is 0 Å². The lowest BCUT2D eigenvalue weighted by Gasteiger charge is -1.93. The number of carboxylic acids is 1. The first-order valence-electron chi connectivity index (χ1n) is 2.39. The Balaban J connectivity index is 2.57. The summed E-state index contributed by atoms with van der Waals surface area (Å²) in [6.45, 7) is 0. The maximum Gasteiger partial charge on any atom is 0.329 e. The molecule has 4 nitrogen and oxygen atoms in total. The van der Waals surface area contributed by atoms with Crippen LogP contribution in [0.3, 0.4) is 0 Å². The Hall–Kier alpha value is -0.710. The van der Waals surface area contributed by atoms with Crippen LogP contribution in [0.5, 0.6) is 0 Å². The minimum atomic E-state index is -0.900. The Morgan fingerprint density at radius 3 is 2.89 bits per heavy atom. The van der Waals surface area contributed by atoms with E-state index in [1.54, 1.807) is 0 Å². The van der Waals surface area contributed by atoms with Crippen LogP contribution in [-0.2, 0) is 4.79 Å². The van der Waals surface area contributed by atoms with E-state index in [1.165, 1.54) is 11.8 Å². The summed E-state index contributed by atoms with van der Waals surface area (Å²) in [6, 6.07) is -0.616. The summed E-state index contributed by atoms with van der Waals surface area (Å²) in [5, 5.41) is 8.73. The van der Waals surface area contributed by atoms with Crippen LogP contribution in [0.1, 0.15) is 0 Å². The largest absolute Gasteiger partial charge is 0.480 e. The number of nitrogens with two attached hydrogens (primary N) is 1. The van der Waals surface area contributed by atoms with E-state index in [2.05, 4.69) is 4.99 Å². The summed E-state index contributed by atoms with van der Waals surface area (Å²) in [5.74, 6) is -0.427. The van der Waals surface area contributed by atoms with Crippen molar-refractivity contribution in [2.24, 2.45) is 10.7 Å². The number of carbonyl (C=O) groups is 1. The second kappa shape index (κ2) is 2.26. The molecule has 0 spiro atoms. The van der Waals surface area contributed by atoms with E-state index in [0.717, 1.165) is 0 Å². The Kier molecular flexibility index (Phi) is 1.61. The molecule has 0 aliphatic carbocycles. The molecule has 0 fully saturated rings. The van der Waals surface area contributed by atoms with E-state index in [0.29, 0.717) is 10.9 Å². The Morgan fingerprint density at radius 2 is 2.67 bits per heavy atom. The van der Waals surface area contributed by atoms with E-state index in [4.69, 9.17) is 10.8 Å². The summed E-state index contributed by atoms with van der Waals surface area (Å²) >= 11 is 1.28. The second-order valence-corrected chi connectivity index (χ2v) is 2.67. The number of nitrogens with zero attached hydrogens (tertiary/aromatic N) is 1. The van der Waals surface area contributed by atoms with Crippen LogP contribution < -0.4 is 5.73 Å². The summed E-state index contributed by atoms with van der Waals surface area (Å²) in [6.07, 6.45) is 0. The van der Waals surface area contributed by atoms with Gasteiger partial charge in [-0.05, 0) is 0 Å². The molecule has 0 aromatic heterocycles. The molecule has 0 bridgehead atoms. The number of hydrogen-bond donors (Lipinski definition) is 2. The molecule has 1 rings (SSSR count). The van der Waals surface area contributed by atoms with Crippen LogP contribution in [-0.4, -0.2) is 28.0 Å². The summed E-state index contributed by atoms with van der Waals surface area (Å²) in [7, 11) is 0. The fourth-order valence-electron chi connectivity index (χ4n) is 0.519. The van der Waals surface area contributed by atoms with Crippen molar-refractivity contribution >= 4 is 22.9 Å². The molecule has 0 saturated heterocycles. The fourth-order valence-corrected chi connectivity index (χ4v) is 1.27. The van der Waals surface area contributed by atoms with Crippen molar-refractivity contribution in [2.75, 3.05) is 5.75 Å². The topological polar surface area (TPSA) is 75.7 Å². The zero-order valence-corrected chi connectivity index (χ0v) is 5.39. The molecule has 0 aromatic rings. The summed E-state index contributed by atoms with van der Waals surface area (Å²) in [4.78, 5) is 13.8. The summed E-state index contributed by atoms with van der Waals surface area (Å²) in [5.41, 5.74) is 5.21. The van der Waals surface area contributed by atoms with Gasteiger partial charge in [-0.3, -0.25) is 0 Å². The lowest BCUT2D eigenvalue weighted by Crippen LogP contribution is -2.17. The molecule has 1 aliphatic rings. The number of amidine groups is 1. The van der Waals surface area contributed by atoms with Crippen LogP contribution in [0.25, 0.3) is 0 Å². The first-order valence-corrected chi connectivity index (χ1v) is 3.37. The summed E-state index contributed by atoms with van der Waals surface area (Å²) < 4.78 is 0. The van der Waals surface area contributed by atoms with Gasteiger partial charge in [0.25, 0.3) is 0 Å². The molecule has 5 heteroatoms. The van der Waals surface area contributed by atoms with Gasteiger partial charge in [-0.25, -0.2) is 9.79 Å². The molecule has 0 aromatic carbocycles. The fraction of sp³-hybridized carbons (Fsp3) is 0.500. The lowest BCUT2D eigenvalue weighted by atomic mass is 10.4. The highest BCUT2D eigenvalue weighted by Crippen LogP contribution is 2.14. The molecule has 1 aliphatic heterocycles. The molecule has 50 valence electrons. The second-order valence-electron chi connectivity index (χ2n) is 1.63. The molecule has 0 saturated carbocycles. The van der Waals surface area contributed by atoms with E-state index in [-0.39, 0.29) is 0 Å². The monoisotopic (exact) mass is 149 g/mol. The van der Waals surface area contributed by atoms with Gasteiger partial charge in [0.2, 0.25) is 0 Å². The van der Waals surface area contributed by atoms with Gasteiger partial charge in [-0.15, -0.1) is 0 Å². The third-order valence-electron chi connectivity index (χ3n) is 0.957. The SMILES string of the molecule is [15NH2][13C]1=[15N]C(C(=O)O)CS1. The molecule has 9 heavy (non-hydrogen) atoms. The van der Waals surface area contributed by atoms with Gasteiger partial charge in [0, 0.05) is 5.75 Å². The minimum Gasteiger partial charge on any atom is -0.480 e. The third kappa shape index (κ3) is 1.35. The molecule has 0 amide bonds. The van der Waals surface area contributed by atoms with Gasteiger partial charge in [0.05, 0.1) is 0 Å². The van der Waals surface area contributed by atoms with Crippen molar-refractivity contribution in [3.8, 4) is 0 Å². The number of hydrogen-bond acceptors (Lipinski definition) is 4. The quantitative estimate of drug-likeness (QED) is 0.389. The van der Waals surface area contributed by atoms with E-state index >= 15 is 0 Å². The smallest absolute Gasteiger partial charge is 0.329 e. The van der Waals surface area contributed by atoms with E-state index < -0.39 is 12.0 Å². The van der Waals surface area contributed by atoms with Crippen molar-refractivity contribution in [3.63, 3.8) is 0 Å². The molecular weight excluding hydrogens is 143 g/mol. The van der Waals surface area contributed by atoms with Gasteiger partial charge in [0.15, 0.2) is 11.2 Å². The maximum absolute atomic E-state index is 10.2. The first kappa shape index (κ1) is 6.41. The van der Waals surface area contributed by atoms with Gasteiger partial charge in [0.1, 0.15) is 0 Å². The van der Waals surface area contributed by atoms with Gasteiger partial charge >= 0.3 is 5.97 Å². The Labute approximate surface area is 56.1 Å². The van der Waals surface area contributed by atoms with Crippen molar-refractivity contribution in [3.05, 3.63) is 0 Å². The van der Waals surface area contributed by atoms with Crippen LogP contribution >= 0.6 is 11.8 Å². The number of aliphatic imine (C=N–C) groups is 1. The van der Waals surface area contributed by atoms with Gasteiger partial charge in [-0.2, -0.15) is 0 Å². The van der Waals surface area contributed by atoms with Gasteiger partial charge < -0.3 is 10.8 Å². The van der Waals surface area contributed by atoms with Crippen LogP contribution in [0.2, 0.25) is 0 Å². The van der Waals surface area contributed by atoms with Crippen molar-refractivity contribution in [2.45, 2.75) is 6.04 Å². The zero-order chi connectivity index (χ0) is 6.85. The highest BCUT2D eigenvalue weighted by atomic mass is 32.2. The number of thioether (sulfide) groups is 1. The number of rotatable bonds is 1. The average Bonchev–Trinajstić information content (AvgIpc) is 2.14. The van der Waals surface area contributed by atoms with Crippen molar-refractivity contribution < 1.29 is 9.90 Å². The normalized spacial score (nSPS) is 25.8. The minimum absolute atomic E-state index is 0.377. The zero-order valence-electron chi connectivity index (χ0n) is 4.57. The van der Waals surface area contributed by atoms with Gasteiger partial charge in [-0.1, -0.05) is 11.8 Å². The average molecular weight is 149 g/mol. The van der Waals surface area contributed by atoms with Crippen LogP contribution in [0.4, 0.5) is 0 Å². The lowest BCUT2D eigenvalue weighted by molar-refractivity contribution is -0.137. The van der Waals surface area contributed by atoms with Crippen LogP contribution in [0.15, 0.2) is 4.99 Å². The molecule has 1 atom stereocenters. The maximum atomic E-state index is 10.2. The first-order chi connectivity index (χ1) is 4.20. The molecular formula is C4H6N2O2S. The highest BCUT2D eigenvalue weighted by Gasteiger charge is 2.22. The van der Waals surface area contributed by atoms with Crippen molar-refractivity contribution in [1.82, 2.24) is 0 Å². The predicted molar refractivity (Wildman–Crippen MR) is 35.5 cm³/mol. The standard InChI is InChI=1S/C4H6N2O2S/c5-4-6-2(1-9-4)3(7)8/h2H,1H2,(H2,5,6)(H,7,8)/i4+1,5+1,6+1. The molecule has 0 radical (unpaired) electrons. The highest BCUT2D eigenvalue weighted by molar-refractivity contribution is 8.14. The van der Waals surface area contributed by atoms with Crippen LogP contribution in [0, 0.1) is 0 Å². The molecule has 3 N–H and O–H groups in total. The van der Waals surface area contributed by atoms with Crippen molar-refractivity contribution in [1.29, 1.82) is 0 Å². The van der Waals surface area contributed by atoms with E-state index in [9.17, 15) is 4.79 Å². The third-order valence-corrected chi connectivity index (χ3v) is 1.84. The number of aliphatic carboxylic acids is 1. The predicted octanol–water partition coefficient (Wildman–Crippen LogP) is -0.499. The Morgan fingerprint density at radius 1 is 2.00 bits per heavy atom. The molecule has 1 heterocycles. The number of carboxylic acid groups (broad SMARTS) is 1. The molecule has 1 unspecified atom stereocenters. The Bertz CT molecular complexity index is 168.